The van der Waals surface area contributed by atoms with E-state index in [9.17, 15) is 4.39 Å². The molecule has 7 nitrogen and oxygen atoms in total. The van der Waals surface area contributed by atoms with Crippen LogP contribution in [0.1, 0.15) is 24.8 Å². The molecule has 0 spiro atoms. The highest BCUT2D eigenvalue weighted by Gasteiger charge is 2.14. The first-order valence-corrected chi connectivity index (χ1v) is 9.67. The number of imidazole rings is 1. The van der Waals surface area contributed by atoms with Gasteiger partial charge in [0.25, 0.3) is 0 Å². The van der Waals surface area contributed by atoms with E-state index in [0.29, 0.717) is 31.4 Å². The molecule has 3 rings (SSSR count). The van der Waals surface area contributed by atoms with Gasteiger partial charge in [-0.25, -0.2) is 9.37 Å². The van der Waals surface area contributed by atoms with Crippen molar-refractivity contribution in [1.29, 1.82) is 0 Å². The summed E-state index contributed by atoms with van der Waals surface area (Å²) in [5.74, 6) is 0.391. The summed E-state index contributed by atoms with van der Waals surface area (Å²) < 4.78 is 27.1. The van der Waals surface area contributed by atoms with Crippen molar-refractivity contribution in [3.8, 4) is 5.69 Å². The fourth-order valence-electron chi connectivity index (χ4n) is 3.05. The Kier molecular flexibility index (Phi) is 10.4. The molecule has 0 aliphatic carbocycles. The molecule has 29 heavy (non-hydrogen) atoms. The predicted molar refractivity (Wildman–Crippen MR) is 122 cm³/mol. The van der Waals surface area contributed by atoms with Gasteiger partial charge in [0, 0.05) is 45.7 Å². The SMILES string of the molecule is CN=C(NCCCOCC1CCCO1)NCc1ccc(-n2ccnc2)c(F)c1.I. The molecule has 1 aliphatic rings. The van der Waals surface area contributed by atoms with Gasteiger partial charge < -0.3 is 24.7 Å². The lowest BCUT2D eigenvalue weighted by molar-refractivity contribution is 0.0168. The summed E-state index contributed by atoms with van der Waals surface area (Å²) in [6, 6.07) is 5.15. The number of rotatable bonds is 9. The molecule has 1 saturated heterocycles. The van der Waals surface area contributed by atoms with Crippen LogP contribution in [0, 0.1) is 5.82 Å². The van der Waals surface area contributed by atoms with Gasteiger partial charge in [0.05, 0.1) is 24.7 Å². The first-order chi connectivity index (χ1) is 13.8. The minimum absolute atomic E-state index is 0. The fourth-order valence-corrected chi connectivity index (χ4v) is 3.05. The molecule has 0 saturated carbocycles. The van der Waals surface area contributed by atoms with Crippen LogP contribution in [-0.2, 0) is 16.0 Å². The number of benzene rings is 1. The van der Waals surface area contributed by atoms with Gasteiger partial charge in [0.1, 0.15) is 5.82 Å². The van der Waals surface area contributed by atoms with Crippen LogP contribution in [0.5, 0.6) is 0 Å². The third-order valence-corrected chi connectivity index (χ3v) is 4.56. The second-order valence-corrected chi connectivity index (χ2v) is 6.67. The van der Waals surface area contributed by atoms with E-state index in [-0.39, 0.29) is 35.9 Å². The van der Waals surface area contributed by atoms with Crippen LogP contribution >= 0.6 is 24.0 Å². The summed E-state index contributed by atoms with van der Waals surface area (Å²) in [7, 11) is 1.71. The lowest BCUT2D eigenvalue weighted by atomic mass is 10.2. The smallest absolute Gasteiger partial charge is 0.191 e. The van der Waals surface area contributed by atoms with E-state index >= 15 is 0 Å². The Labute approximate surface area is 188 Å². The van der Waals surface area contributed by atoms with Gasteiger partial charge >= 0.3 is 0 Å². The van der Waals surface area contributed by atoms with E-state index in [1.807, 2.05) is 6.07 Å². The van der Waals surface area contributed by atoms with Gasteiger partial charge in [-0.15, -0.1) is 24.0 Å². The molecule has 1 fully saturated rings. The number of halogens is 2. The maximum absolute atomic E-state index is 14.3. The highest BCUT2D eigenvalue weighted by molar-refractivity contribution is 14.0. The number of aromatic nitrogens is 2. The molecule has 1 aromatic carbocycles. The molecule has 160 valence electrons. The lowest BCUT2D eigenvalue weighted by Crippen LogP contribution is -2.37. The molecule has 9 heteroatoms. The van der Waals surface area contributed by atoms with Crippen LogP contribution in [0.4, 0.5) is 4.39 Å². The standard InChI is InChI=1S/C20H28FN5O2.HI/c1-22-20(24-7-3-10-27-14-17-4-2-11-28-17)25-13-16-5-6-19(18(21)12-16)26-9-8-23-15-26;/h5-6,8-9,12,15,17H,2-4,7,10-11,13-14H2,1H3,(H2,22,24,25);1H. The van der Waals surface area contributed by atoms with Crippen molar-refractivity contribution in [2.45, 2.75) is 31.9 Å². The second-order valence-electron chi connectivity index (χ2n) is 6.67. The van der Waals surface area contributed by atoms with E-state index in [2.05, 4.69) is 20.6 Å². The Morgan fingerprint density at radius 1 is 1.41 bits per heavy atom. The van der Waals surface area contributed by atoms with Crippen molar-refractivity contribution >= 4 is 29.9 Å². The van der Waals surface area contributed by atoms with Crippen molar-refractivity contribution in [1.82, 2.24) is 20.2 Å². The van der Waals surface area contributed by atoms with Crippen LogP contribution in [0.25, 0.3) is 5.69 Å². The summed E-state index contributed by atoms with van der Waals surface area (Å²) in [5, 5.41) is 6.43. The largest absolute Gasteiger partial charge is 0.379 e. The van der Waals surface area contributed by atoms with Crippen molar-refractivity contribution < 1.29 is 13.9 Å². The van der Waals surface area contributed by atoms with E-state index in [0.717, 1.165) is 38.0 Å². The molecule has 2 aromatic rings. The Balaban J connectivity index is 0.00000300. The topological polar surface area (TPSA) is 72.7 Å². The first kappa shape index (κ1) is 23.6. The molecule has 1 unspecified atom stereocenters. The molecular weight excluding hydrogens is 488 g/mol. The summed E-state index contributed by atoms with van der Waals surface area (Å²) in [6.45, 7) is 3.45. The molecule has 0 radical (unpaired) electrons. The number of nitrogens with zero attached hydrogens (tertiary/aromatic N) is 3. The molecule has 2 heterocycles. The third kappa shape index (κ3) is 7.56. The van der Waals surface area contributed by atoms with E-state index < -0.39 is 0 Å². The van der Waals surface area contributed by atoms with Crippen LogP contribution in [0.2, 0.25) is 0 Å². The Morgan fingerprint density at radius 3 is 3.00 bits per heavy atom. The first-order valence-electron chi connectivity index (χ1n) is 9.67. The third-order valence-electron chi connectivity index (χ3n) is 4.56. The molecule has 1 atom stereocenters. The summed E-state index contributed by atoms with van der Waals surface area (Å²) in [6.07, 6.45) is 8.29. The zero-order valence-corrected chi connectivity index (χ0v) is 19.0. The van der Waals surface area contributed by atoms with E-state index in [4.69, 9.17) is 9.47 Å². The molecular formula is C20H29FIN5O2. The van der Waals surface area contributed by atoms with Crippen molar-refractivity contribution in [2.75, 3.05) is 33.4 Å². The normalized spacial score (nSPS) is 16.5. The van der Waals surface area contributed by atoms with Crippen molar-refractivity contribution in [2.24, 2.45) is 4.99 Å². The Bertz CT molecular complexity index is 751. The Morgan fingerprint density at radius 2 is 2.31 bits per heavy atom. The average molecular weight is 517 g/mol. The van der Waals surface area contributed by atoms with Gasteiger partial charge in [-0.2, -0.15) is 0 Å². The van der Waals surface area contributed by atoms with Crippen LogP contribution < -0.4 is 10.6 Å². The number of hydrogen-bond donors (Lipinski definition) is 2. The van der Waals surface area contributed by atoms with Gasteiger partial charge in [0.15, 0.2) is 5.96 Å². The molecule has 2 N–H and O–H groups in total. The lowest BCUT2D eigenvalue weighted by Gasteiger charge is -2.13. The minimum atomic E-state index is -0.288. The van der Waals surface area contributed by atoms with Gasteiger partial charge in [-0.05, 0) is 37.0 Å². The molecule has 1 aliphatic heterocycles. The van der Waals surface area contributed by atoms with Gasteiger partial charge in [0.2, 0.25) is 0 Å². The van der Waals surface area contributed by atoms with Gasteiger partial charge in [-0.1, -0.05) is 6.07 Å². The number of guanidine groups is 1. The minimum Gasteiger partial charge on any atom is -0.379 e. The zero-order chi connectivity index (χ0) is 19.6. The second kappa shape index (κ2) is 12.8. The maximum atomic E-state index is 14.3. The van der Waals surface area contributed by atoms with Crippen LogP contribution in [-0.4, -0.2) is 55.0 Å². The van der Waals surface area contributed by atoms with E-state index in [1.165, 1.54) is 6.07 Å². The highest BCUT2D eigenvalue weighted by Crippen LogP contribution is 2.15. The molecule has 0 bridgehead atoms. The van der Waals surface area contributed by atoms with Crippen LogP contribution in [0.3, 0.4) is 0 Å². The Hall–Kier alpha value is -1.72. The maximum Gasteiger partial charge on any atom is 0.191 e. The highest BCUT2D eigenvalue weighted by atomic mass is 127. The summed E-state index contributed by atoms with van der Waals surface area (Å²) in [4.78, 5) is 8.14. The summed E-state index contributed by atoms with van der Waals surface area (Å²) in [5.41, 5.74) is 1.32. The predicted octanol–water partition coefficient (Wildman–Crippen LogP) is 2.88. The quantitative estimate of drug-likeness (QED) is 0.232. The van der Waals surface area contributed by atoms with Crippen molar-refractivity contribution in [3.05, 3.63) is 48.3 Å². The van der Waals surface area contributed by atoms with Crippen LogP contribution in [0.15, 0.2) is 41.9 Å². The monoisotopic (exact) mass is 517 g/mol. The molecule has 1 aromatic heterocycles. The van der Waals surface area contributed by atoms with Crippen molar-refractivity contribution in [3.63, 3.8) is 0 Å². The number of hydrogen-bond acceptors (Lipinski definition) is 4. The average Bonchev–Trinajstić information content (AvgIpc) is 3.41. The number of aliphatic imine (C=N–C) groups is 1. The molecule has 0 amide bonds. The van der Waals surface area contributed by atoms with Gasteiger partial charge in [-0.3, -0.25) is 4.99 Å². The summed E-state index contributed by atoms with van der Waals surface area (Å²) >= 11 is 0. The number of nitrogens with one attached hydrogen (secondary N) is 2. The fraction of sp³-hybridized carbons (Fsp3) is 0.500. The van der Waals surface area contributed by atoms with E-state index in [1.54, 1.807) is 36.4 Å². The zero-order valence-electron chi connectivity index (χ0n) is 16.6. The number of ether oxygens (including phenoxy) is 2.